The lowest BCUT2D eigenvalue weighted by Gasteiger charge is -2.28. The topological polar surface area (TPSA) is 93.4 Å². The molecule has 2 aliphatic rings. The number of aromatic nitrogens is 2. The summed E-state index contributed by atoms with van der Waals surface area (Å²) in [6.45, 7) is 14.3. The maximum atomic E-state index is 13.7. The number of fused-ring (bicyclic) bond motifs is 1. The second kappa shape index (κ2) is 12.3. The van der Waals surface area contributed by atoms with Crippen LogP contribution in [0.1, 0.15) is 59.9 Å². The number of carbonyl (C=O) groups excluding carboxylic acids is 1. The number of aromatic amines is 1. The van der Waals surface area contributed by atoms with Crippen LogP contribution < -0.4 is 26.0 Å². The van der Waals surface area contributed by atoms with Gasteiger partial charge in [0.05, 0.1) is 0 Å². The van der Waals surface area contributed by atoms with Gasteiger partial charge in [0.25, 0.3) is 11.5 Å². The van der Waals surface area contributed by atoms with E-state index in [1.54, 1.807) is 0 Å². The fourth-order valence-electron chi connectivity index (χ4n) is 5.94. The van der Waals surface area contributed by atoms with Crippen molar-refractivity contribution in [1.82, 2.24) is 20.6 Å². The van der Waals surface area contributed by atoms with E-state index in [9.17, 15) is 9.59 Å². The van der Waals surface area contributed by atoms with E-state index in [2.05, 4.69) is 64.4 Å². The van der Waals surface area contributed by atoms with Crippen LogP contribution in [0, 0.1) is 12.8 Å². The molecule has 8 nitrogen and oxygen atoms in total. The average molecular weight is 543 g/mol. The van der Waals surface area contributed by atoms with Gasteiger partial charge in [-0.3, -0.25) is 9.59 Å². The third kappa shape index (κ3) is 6.07. The number of rotatable bonds is 9. The third-order valence-corrected chi connectivity index (χ3v) is 7.86. The van der Waals surface area contributed by atoms with E-state index in [0.717, 1.165) is 98.0 Å². The number of piperazine rings is 1. The van der Waals surface area contributed by atoms with Gasteiger partial charge in [0.2, 0.25) is 0 Å². The molecule has 0 radical (unpaired) electrons. The Balaban J connectivity index is 1.46. The minimum Gasteiger partial charge on any atom is -0.371 e. The summed E-state index contributed by atoms with van der Waals surface area (Å²) in [6.07, 6.45) is 4.50. The molecule has 0 aliphatic carbocycles. The van der Waals surface area contributed by atoms with Gasteiger partial charge in [0.1, 0.15) is 5.82 Å². The van der Waals surface area contributed by atoms with Crippen molar-refractivity contribution in [2.24, 2.45) is 5.92 Å². The Morgan fingerprint density at radius 2 is 1.90 bits per heavy atom. The van der Waals surface area contributed by atoms with Crippen molar-refractivity contribution in [3.8, 4) is 11.1 Å². The Morgan fingerprint density at radius 3 is 2.60 bits per heavy atom. The van der Waals surface area contributed by atoms with Crippen molar-refractivity contribution in [2.45, 2.75) is 53.5 Å². The summed E-state index contributed by atoms with van der Waals surface area (Å²) in [5.41, 5.74) is 7.24. The molecule has 212 valence electrons. The number of pyridine rings is 2. The Labute approximate surface area is 237 Å². The number of nitrogens with one attached hydrogen (secondary N) is 3. The van der Waals surface area contributed by atoms with Gasteiger partial charge in [-0.15, -0.1) is 0 Å². The van der Waals surface area contributed by atoms with Crippen molar-refractivity contribution in [3.63, 3.8) is 0 Å². The zero-order valence-electron chi connectivity index (χ0n) is 24.3. The number of nitrogens with zero attached hydrogens (tertiary/aromatic N) is 3. The Morgan fingerprint density at radius 1 is 1.10 bits per heavy atom. The Bertz CT molecular complexity index is 1410. The van der Waals surface area contributed by atoms with E-state index >= 15 is 0 Å². The zero-order chi connectivity index (χ0) is 28.2. The molecule has 0 atom stereocenters. The molecular formula is C32H42N6O2. The summed E-state index contributed by atoms with van der Waals surface area (Å²) in [7, 11) is 0. The number of anilines is 2. The van der Waals surface area contributed by atoms with Crippen molar-refractivity contribution in [2.75, 3.05) is 49.1 Å². The molecule has 0 unspecified atom stereocenters. The fraction of sp³-hybridized carbons (Fsp3) is 0.469. The highest BCUT2D eigenvalue weighted by molar-refractivity contribution is 5.99. The molecule has 0 spiro atoms. The maximum absolute atomic E-state index is 13.7. The quantitative estimate of drug-likeness (QED) is 0.378. The standard InChI is InChI=1S/C32H42N6O2/c1-5-6-23-15-22(4)36-32(40)28(23)19-35-31(39)27-16-25(17-29-26(27)9-12-38(29)20-21(2)3)24-7-8-30(34-18-24)37-13-10-33-11-14-37/h7-8,15-18,21,33H,5-6,9-14,19-20H2,1-4H3,(H,35,39)(H,36,40). The lowest BCUT2D eigenvalue weighted by molar-refractivity contribution is 0.0950. The lowest BCUT2D eigenvalue weighted by Crippen LogP contribution is -2.43. The molecule has 0 saturated carbocycles. The smallest absolute Gasteiger partial charge is 0.253 e. The van der Waals surface area contributed by atoms with Gasteiger partial charge in [-0.05, 0) is 72.7 Å². The minimum absolute atomic E-state index is 0.124. The van der Waals surface area contributed by atoms with Crippen LogP contribution in [0.3, 0.4) is 0 Å². The highest BCUT2D eigenvalue weighted by Gasteiger charge is 2.27. The molecule has 1 saturated heterocycles. The van der Waals surface area contributed by atoms with Gasteiger partial charge < -0.3 is 25.4 Å². The number of benzene rings is 1. The summed E-state index contributed by atoms with van der Waals surface area (Å²) in [6, 6.07) is 10.4. The zero-order valence-corrected chi connectivity index (χ0v) is 24.3. The van der Waals surface area contributed by atoms with Gasteiger partial charge in [-0.25, -0.2) is 4.98 Å². The van der Waals surface area contributed by atoms with Crippen LogP contribution in [0.25, 0.3) is 11.1 Å². The predicted molar refractivity (Wildman–Crippen MR) is 162 cm³/mol. The molecule has 2 aromatic heterocycles. The van der Waals surface area contributed by atoms with Gasteiger partial charge >= 0.3 is 0 Å². The monoisotopic (exact) mass is 542 g/mol. The van der Waals surface area contributed by atoms with E-state index in [4.69, 9.17) is 4.98 Å². The second-order valence-electron chi connectivity index (χ2n) is 11.5. The third-order valence-electron chi connectivity index (χ3n) is 7.86. The Kier molecular flexibility index (Phi) is 8.54. The van der Waals surface area contributed by atoms with Crippen molar-refractivity contribution in [3.05, 3.63) is 74.8 Å². The lowest BCUT2D eigenvalue weighted by atomic mass is 9.97. The van der Waals surface area contributed by atoms with E-state index in [0.29, 0.717) is 17.0 Å². The summed E-state index contributed by atoms with van der Waals surface area (Å²) >= 11 is 0. The molecule has 3 aromatic rings. The fourth-order valence-corrected chi connectivity index (χ4v) is 5.94. The van der Waals surface area contributed by atoms with Crippen LogP contribution in [0.2, 0.25) is 0 Å². The van der Waals surface area contributed by atoms with Crippen LogP contribution in [-0.2, 0) is 19.4 Å². The highest BCUT2D eigenvalue weighted by Crippen LogP contribution is 2.36. The first-order chi connectivity index (χ1) is 19.3. The molecule has 1 aromatic carbocycles. The summed E-state index contributed by atoms with van der Waals surface area (Å²) < 4.78 is 0. The summed E-state index contributed by atoms with van der Waals surface area (Å²) in [4.78, 5) is 38.9. The molecule has 8 heteroatoms. The number of hydrogen-bond donors (Lipinski definition) is 3. The van der Waals surface area contributed by atoms with Gasteiger partial charge in [-0.2, -0.15) is 0 Å². The van der Waals surface area contributed by atoms with Crippen LogP contribution in [0.15, 0.2) is 41.3 Å². The number of carbonyl (C=O) groups is 1. The molecule has 4 heterocycles. The first kappa shape index (κ1) is 27.9. The van der Waals surface area contributed by atoms with Crippen LogP contribution >= 0.6 is 0 Å². The van der Waals surface area contributed by atoms with E-state index in [1.807, 2.05) is 25.3 Å². The average Bonchev–Trinajstić information content (AvgIpc) is 3.34. The van der Waals surface area contributed by atoms with Gasteiger partial charge in [-0.1, -0.05) is 27.2 Å². The second-order valence-corrected chi connectivity index (χ2v) is 11.5. The van der Waals surface area contributed by atoms with Crippen LogP contribution in [0.4, 0.5) is 11.5 Å². The summed E-state index contributed by atoms with van der Waals surface area (Å²) in [5.74, 6) is 1.35. The van der Waals surface area contributed by atoms with E-state index in [-0.39, 0.29) is 18.0 Å². The highest BCUT2D eigenvalue weighted by atomic mass is 16.1. The SMILES string of the molecule is CCCc1cc(C)[nH]c(=O)c1CNC(=O)c1cc(-c2ccc(N3CCNCC3)nc2)cc2c1CCN2CC(C)C. The minimum atomic E-state index is -0.141. The van der Waals surface area contributed by atoms with Crippen molar-refractivity contribution >= 4 is 17.4 Å². The molecule has 3 N–H and O–H groups in total. The maximum Gasteiger partial charge on any atom is 0.253 e. The number of amides is 1. The molecule has 0 bridgehead atoms. The molecular weight excluding hydrogens is 500 g/mol. The van der Waals surface area contributed by atoms with Crippen molar-refractivity contribution < 1.29 is 4.79 Å². The molecule has 2 aliphatic heterocycles. The normalized spacial score (nSPS) is 15.0. The summed E-state index contributed by atoms with van der Waals surface area (Å²) in [5, 5.41) is 6.47. The van der Waals surface area contributed by atoms with Gasteiger partial charge in [0, 0.05) is 80.1 Å². The van der Waals surface area contributed by atoms with Crippen LogP contribution in [0.5, 0.6) is 0 Å². The van der Waals surface area contributed by atoms with Crippen LogP contribution in [-0.4, -0.2) is 55.1 Å². The molecule has 40 heavy (non-hydrogen) atoms. The number of H-pyrrole nitrogens is 1. The van der Waals surface area contributed by atoms with Crippen molar-refractivity contribution in [1.29, 1.82) is 0 Å². The number of hydrogen-bond acceptors (Lipinski definition) is 6. The largest absolute Gasteiger partial charge is 0.371 e. The molecule has 5 rings (SSSR count). The first-order valence-electron chi connectivity index (χ1n) is 14.7. The first-order valence-corrected chi connectivity index (χ1v) is 14.7. The predicted octanol–water partition coefficient (Wildman–Crippen LogP) is 4.06. The number of aryl methyl sites for hydroxylation is 2. The Hall–Kier alpha value is -3.65. The van der Waals surface area contributed by atoms with Gasteiger partial charge in [0.15, 0.2) is 0 Å². The molecule has 1 fully saturated rings. The van der Waals surface area contributed by atoms with E-state index in [1.165, 1.54) is 0 Å². The van der Waals surface area contributed by atoms with E-state index < -0.39 is 0 Å². The molecule has 1 amide bonds.